The monoisotopic (exact) mass is 398 g/mol. The summed E-state index contributed by atoms with van der Waals surface area (Å²) in [6.45, 7) is 6.15. The van der Waals surface area contributed by atoms with Crippen molar-refractivity contribution in [1.82, 2.24) is 15.5 Å². The van der Waals surface area contributed by atoms with Gasteiger partial charge in [-0.1, -0.05) is 59.5 Å². The molecule has 0 aliphatic carbocycles. The van der Waals surface area contributed by atoms with Gasteiger partial charge < -0.3 is 10.6 Å². The molecule has 0 aliphatic rings. The minimum absolute atomic E-state index is 0.0178. The Hall–Kier alpha value is -2.38. The van der Waals surface area contributed by atoms with Gasteiger partial charge in [0.1, 0.15) is 0 Å². The highest BCUT2D eigenvalue weighted by Crippen LogP contribution is 2.28. The topological polar surface area (TPSA) is 66.9 Å². The fraction of sp³-hybridized carbons (Fsp3) is 0.250. The molecule has 3 rings (SSSR count). The molecule has 1 amide bonds. The fourth-order valence-corrected chi connectivity index (χ4v) is 4.08. The normalized spacial score (nSPS) is 11.8. The molecule has 1 aromatic heterocycles. The van der Waals surface area contributed by atoms with Gasteiger partial charge in [-0.25, -0.2) is 0 Å². The van der Waals surface area contributed by atoms with Crippen molar-refractivity contribution in [2.24, 2.45) is 0 Å². The van der Waals surface area contributed by atoms with E-state index >= 15 is 0 Å². The molecule has 3 aromatic rings. The molecule has 0 aliphatic heterocycles. The number of carbonyl (C=O) groups excluding carboxylic acids is 1. The Kier molecular flexibility index (Phi) is 6.47. The van der Waals surface area contributed by atoms with E-state index in [1.54, 1.807) is 0 Å². The van der Waals surface area contributed by atoms with E-state index in [0.29, 0.717) is 5.75 Å². The Morgan fingerprint density at radius 1 is 1.11 bits per heavy atom. The predicted molar refractivity (Wildman–Crippen MR) is 113 cm³/mol. The van der Waals surface area contributed by atoms with E-state index in [1.807, 2.05) is 43.3 Å². The van der Waals surface area contributed by atoms with E-state index in [9.17, 15) is 4.79 Å². The summed E-state index contributed by atoms with van der Waals surface area (Å²) in [5.41, 5.74) is 4.56. The molecular formula is C20H22N4OS2. The summed E-state index contributed by atoms with van der Waals surface area (Å²) in [7, 11) is 0. The van der Waals surface area contributed by atoms with Crippen molar-refractivity contribution in [1.29, 1.82) is 0 Å². The maximum absolute atomic E-state index is 12.2. The molecule has 2 N–H and O–H groups in total. The van der Waals surface area contributed by atoms with E-state index in [0.717, 1.165) is 20.7 Å². The third-order valence-electron chi connectivity index (χ3n) is 4.17. The zero-order valence-electron chi connectivity index (χ0n) is 15.5. The minimum Gasteiger partial charge on any atom is -0.349 e. The third kappa shape index (κ3) is 5.55. The number of benzene rings is 2. The number of rotatable bonds is 7. The molecule has 0 unspecified atom stereocenters. The summed E-state index contributed by atoms with van der Waals surface area (Å²) in [6.07, 6.45) is 0. The van der Waals surface area contributed by atoms with Crippen LogP contribution in [0.2, 0.25) is 0 Å². The van der Waals surface area contributed by atoms with Gasteiger partial charge in [0, 0.05) is 5.69 Å². The molecule has 0 spiro atoms. The highest BCUT2D eigenvalue weighted by Gasteiger charge is 2.12. The smallest absolute Gasteiger partial charge is 0.230 e. The Labute approximate surface area is 167 Å². The quantitative estimate of drug-likeness (QED) is 0.556. The predicted octanol–water partition coefficient (Wildman–Crippen LogP) is 4.87. The van der Waals surface area contributed by atoms with Crippen LogP contribution in [0.25, 0.3) is 0 Å². The number of carbonyl (C=O) groups is 1. The number of hydrogen-bond donors (Lipinski definition) is 2. The summed E-state index contributed by atoms with van der Waals surface area (Å²) in [5, 5.41) is 15.3. The second-order valence-electron chi connectivity index (χ2n) is 6.29. The summed E-state index contributed by atoms with van der Waals surface area (Å²) in [4.78, 5) is 12.2. The molecule has 5 nitrogen and oxygen atoms in total. The molecule has 1 heterocycles. The van der Waals surface area contributed by atoms with E-state index in [-0.39, 0.29) is 11.9 Å². The third-order valence-corrected chi connectivity index (χ3v) is 6.14. The first kappa shape index (κ1) is 19.4. The van der Waals surface area contributed by atoms with E-state index in [4.69, 9.17) is 0 Å². The van der Waals surface area contributed by atoms with Crippen LogP contribution in [0.3, 0.4) is 0 Å². The van der Waals surface area contributed by atoms with Crippen LogP contribution in [0, 0.1) is 13.8 Å². The lowest BCUT2D eigenvalue weighted by atomic mass is 10.1. The van der Waals surface area contributed by atoms with Gasteiger partial charge in [0.2, 0.25) is 11.0 Å². The van der Waals surface area contributed by atoms with Gasteiger partial charge in [0.05, 0.1) is 11.8 Å². The first-order valence-electron chi connectivity index (χ1n) is 8.66. The van der Waals surface area contributed by atoms with Gasteiger partial charge in [-0.2, -0.15) is 0 Å². The minimum atomic E-state index is -0.0183. The second-order valence-corrected chi connectivity index (χ2v) is 8.49. The summed E-state index contributed by atoms with van der Waals surface area (Å²) >= 11 is 2.84. The highest BCUT2D eigenvalue weighted by atomic mass is 32.2. The lowest BCUT2D eigenvalue weighted by Crippen LogP contribution is -2.28. The van der Waals surface area contributed by atoms with Crippen LogP contribution >= 0.6 is 23.1 Å². The number of nitrogens with one attached hydrogen (secondary N) is 2. The highest BCUT2D eigenvalue weighted by molar-refractivity contribution is 8.01. The molecular weight excluding hydrogens is 376 g/mol. The van der Waals surface area contributed by atoms with Crippen molar-refractivity contribution in [3.05, 3.63) is 65.2 Å². The van der Waals surface area contributed by atoms with E-state index < -0.39 is 0 Å². The molecule has 0 saturated carbocycles. The van der Waals surface area contributed by atoms with Crippen LogP contribution in [0.1, 0.15) is 29.7 Å². The van der Waals surface area contributed by atoms with Gasteiger partial charge in [-0.3, -0.25) is 4.79 Å². The fourth-order valence-electron chi connectivity index (χ4n) is 2.50. The van der Waals surface area contributed by atoms with Crippen LogP contribution in [-0.4, -0.2) is 21.9 Å². The van der Waals surface area contributed by atoms with Gasteiger partial charge >= 0.3 is 0 Å². The summed E-state index contributed by atoms with van der Waals surface area (Å²) in [5.74, 6) is 0.297. The average molecular weight is 399 g/mol. The number of amides is 1. The zero-order valence-corrected chi connectivity index (χ0v) is 17.2. The van der Waals surface area contributed by atoms with E-state index in [2.05, 4.69) is 46.8 Å². The van der Waals surface area contributed by atoms with Crippen LogP contribution in [-0.2, 0) is 4.79 Å². The molecule has 0 bridgehead atoms. The van der Waals surface area contributed by atoms with Crippen molar-refractivity contribution >= 4 is 39.8 Å². The molecule has 140 valence electrons. The Balaban J connectivity index is 1.50. The number of aromatic nitrogens is 2. The van der Waals surface area contributed by atoms with Crippen LogP contribution in [0.15, 0.2) is 52.9 Å². The maximum Gasteiger partial charge on any atom is 0.230 e. The number of anilines is 2. The van der Waals surface area contributed by atoms with Gasteiger partial charge in [0.25, 0.3) is 0 Å². The summed E-state index contributed by atoms with van der Waals surface area (Å²) in [6, 6.07) is 16.1. The van der Waals surface area contributed by atoms with Gasteiger partial charge in [-0.15, -0.1) is 10.2 Å². The van der Waals surface area contributed by atoms with E-state index in [1.165, 1.54) is 34.2 Å². The Morgan fingerprint density at radius 3 is 2.63 bits per heavy atom. The maximum atomic E-state index is 12.2. The SMILES string of the molecule is Cc1ccc(Nc2nnc(SCC(=O)N[C@@H](C)c3ccccc3)s2)cc1C. The number of nitrogens with zero attached hydrogens (tertiary/aromatic N) is 2. The number of aryl methyl sites for hydroxylation is 2. The van der Waals surface area contributed by atoms with Crippen LogP contribution < -0.4 is 10.6 Å². The van der Waals surface area contributed by atoms with Crippen molar-refractivity contribution in [2.75, 3.05) is 11.1 Å². The molecule has 0 radical (unpaired) electrons. The summed E-state index contributed by atoms with van der Waals surface area (Å²) < 4.78 is 0.767. The van der Waals surface area contributed by atoms with Gasteiger partial charge in [-0.05, 0) is 49.6 Å². The standard InChI is InChI=1S/C20H22N4OS2/c1-13-9-10-17(11-14(13)2)22-19-23-24-20(27-19)26-12-18(25)21-15(3)16-7-5-4-6-8-16/h4-11,15H,12H2,1-3H3,(H,21,25)(H,22,23)/t15-/m0/s1. The van der Waals surface area contributed by atoms with Crippen molar-refractivity contribution in [3.63, 3.8) is 0 Å². The van der Waals surface area contributed by atoms with Crippen LogP contribution in [0.4, 0.5) is 10.8 Å². The molecule has 7 heteroatoms. The Bertz CT molecular complexity index is 911. The lowest BCUT2D eigenvalue weighted by Gasteiger charge is -2.13. The largest absolute Gasteiger partial charge is 0.349 e. The molecule has 27 heavy (non-hydrogen) atoms. The zero-order chi connectivity index (χ0) is 19.2. The lowest BCUT2D eigenvalue weighted by molar-refractivity contribution is -0.119. The first-order valence-corrected chi connectivity index (χ1v) is 10.5. The van der Waals surface area contributed by atoms with Crippen LogP contribution in [0.5, 0.6) is 0 Å². The molecule has 0 fully saturated rings. The first-order chi connectivity index (χ1) is 13.0. The van der Waals surface area contributed by atoms with Crippen molar-refractivity contribution in [2.45, 2.75) is 31.2 Å². The van der Waals surface area contributed by atoms with Crippen molar-refractivity contribution < 1.29 is 4.79 Å². The second kappa shape index (κ2) is 9.01. The average Bonchev–Trinajstić information content (AvgIpc) is 3.11. The molecule has 2 aromatic carbocycles. The number of hydrogen-bond acceptors (Lipinski definition) is 6. The molecule has 0 saturated heterocycles. The Morgan fingerprint density at radius 2 is 1.89 bits per heavy atom. The van der Waals surface area contributed by atoms with Gasteiger partial charge in [0.15, 0.2) is 4.34 Å². The number of thioether (sulfide) groups is 1. The van der Waals surface area contributed by atoms with Crippen molar-refractivity contribution in [3.8, 4) is 0 Å². The molecule has 1 atom stereocenters.